The van der Waals surface area contributed by atoms with Gasteiger partial charge in [0.05, 0.1) is 17.3 Å². The van der Waals surface area contributed by atoms with Gasteiger partial charge in [-0.05, 0) is 18.2 Å². The van der Waals surface area contributed by atoms with Crippen LogP contribution in [-0.2, 0) is 9.59 Å². The summed E-state index contributed by atoms with van der Waals surface area (Å²) in [6.45, 7) is 0.222. The van der Waals surface area contributed by atoms with Crippen molar-refractivity contribution in [3.8, 4) is 0 Å². The molecular formula is C12H13BrN2O3. The lowest BCUT2D eigenvalue weighted by Gasteiger charge is -2.20. The molecule has 2 N–H and O–H groups in total. The molecule has 5 nitrogen and oxygen atoms in total. The summed E-state index contributed by atoms with van der Waals surface area (Å²) in [5.41, 5.74) is 1.51. The van der Waals surface area contributed by atoms with Crippen LogP contribution in [0.25, 0.3) is 0 Å². The Hall–Kier alpha value is -1.56. The zero-order valence-corrected chi connectivity index (χ0v) is 11.4. The molecule has 1 fully saturated rings. The third-order valence-corrected chi connectivity index (χ3v) is 3.49. The van der Waals surface area contributed by atoms with Gasteiger partial charge in [0.15, 0.2) is 0 Å². The lowest BCUT2D eigenvalue weighted by molar-refractivity contribution is -0.141. The lowest BCUT2D eigenvalue weighted by atomic mass is 10.1. The summed E-state index contributed by atoms with van der Waals surface area (Å²) >= 11 is 3.35. The summed E-state index contributed by atoms with van der Waals surface area (Å²) in [6, 6.07) is 5.53. The van der Waals surface area contributed by atoms with Gasteiger partial charge in [-0.3, -0.25) is 9.59 Å². The van der Waals surface area contributed by atoms with E-state index in [2.05, 4.69) is 21.2 Å². The number of halogens is 1. The van der Waals surface area contributed by atoms with E-state index in [1.165, 1.54) is 4.90 Å². The molecule has 0 bridgehead atoms. The number of carboxylic acid groups (broad SMARTS) is 1. The van der Waals surface area contributed by atoms with Crippen LogP contribution in [0.5, 0.6) is 0 Å². The fourth-order valence-corrected chi connectivity index (χ4v) is 2.39. The Bertz CT molecular complexity index is 504. The molecule has 1 unspecified atom stereocenters. The zero-order chi connectivity index (χ0) is 13.3. The van der Waals surface area contributed by atoms with Crippen molar-refractivity contribution in [3.63, 3.8) is 0 Å². The highest BCUT2D eigenvalue weighted by molar-refractivity contribution is 9.10. The van der Waals surface area contributed by atoms with E-state index in [0.717, 1.165) is 10.2 Å². The van der Waals surface area contributed by atoms with Crippen molar-refractivity contribution in [3.05, 3.63) is 22.7 Å². The standard InChI is InChI=1S/C12H13BrN2O3/c1-14-9-3-2-8(13)5-10(9)15-6-7(12(17)18)4-11(15)16/h2-3,5,7,14H,4,6H2,1H3,(H,17,18). The summed E-state index contributed by atoms with van der Waals surface area (Å²) < 4.78 is 0.850. The van der Waals surface area contributed by atoms with E-state index in [4.69, 9.17) is 5.11 Å². The Labute approximate surface area is 113 Å². The molecule has 0 aliphatic carbocycles. The van der Waals surface area contributed by atoms with Gasteiger partial charge in [-0.1, -0.05) is 15.9 Å². The molecule has 1 aliphatic heterocycles. The van der Waals surface area contributed by atoms with Gasteiger partial charge in [0, 0.05) is 24.5 Å². The number of anilines is 2. The number of nitrogens with one attached hydrogen (secondary N) is 1. The average Bonchev–Trinajstić information content (AvgIpc) is 2.71. The molecule has 1 saturated heterocycles. The number of carbonyl (C=O) groups excluding carboxylic acids is 1. The number of hydrogen-bond donors (Lipinski definition) is 2. The lowest BCUT2D eigenvalue weighted by Crippen LogP contribution is -2.26. The molecule has 1 aromatic rings. The first kappa shape index (κ1) is 12.9. The normalized spacial score (nSPS) is 19.1. The van der Waals surface area contributed by atoms with E-state index < -0.39 is 11.9 Å². The summed E-state index contributed by atoms with van der Waals surface area (Å²) in [7, 11) is 1.77. The Kier molecular flexibility index (Phi) is 3.56. The monoisotopic (exact) mass is 312 g/mol. The second kappa shape index (κ2) is 4.97. The minimum atomic E-state index is -0.924. The molecule has 1 heterocycles. The van der Waals surface area contributed by atoms with Crippen LogP contribution in [0.15, 0.2) is 22.7 Å². The maximum Gasteiger partial charge on any atom is 0.308 e. The first-order valence-electron chi connectivity index (χ1n) is 5.53. The molecule has 1 amide bonds. The number of rotatable bonds is 3. The molecular weight excluding hydrogens is 300 g/mol. The van der Waals surface area contributed by atoms with Crippen molar-refractivity contribution < 1.29 is 14.7 Å². The molecule has 0 aromatic heterocycles. The van der Waals surface area contributed by atoms with Crippen LogP contribution >= 0.6 is 15.9 Å². The topological polar surface area (TPSA) is 69.6 Å². The Morgan fingerprint density at radius 3 is 2.83 bits per heavy atom. The maximum atomic E-state index is 11.9. The van der Waals surface area contributed by atoms with Crippen LogP contribution in [-0.4, -0.2) is 30.6 Å². The minimum absolute atomic E-state index is 0.0605. The number of aliphatic carboxylic acids is 1. The van der Waals surface area contributed by atoms with Gasteiger partial charge in [0.1, 0.15) is 0 Å². The quantitative estimate of drug-likeness (QED) is 0.894. The molecule has 1 aliphatic rings. The second-order valence-electron chi connectivity index (χ2n) is 4.16. The van der Waals surface area contributed by atoms with Gasteiger partial charge in [-0.25, -0.2) is 0 Å². The van der Waals surface area contributed by atoms with E-state index in [1.807, 2.05) is 18.2 Å². The Balaban J connectivity index is 2.34. The minimum Gasteiger partial charge on any atom is -0.481 e. The predicted molar refractivity (Wildman–Crippen MR) is 71.8 cm³/mol. The van der Waals surface area contributed by atoms with Crippen LogP contribution < -0.4 is 10.2 Å². The molecule has 0 spiro atoms. The third kappa shape index (κ3) is 2.33. The highest BCUT2D eigenvalue weighted by Gasteiger charge is 2.35. The first-order valence-corrected chi connectivity index (χ1v) is 6.32. The largest absolute Gasteiger partial charge is 0.481 e. The van der Waals surface area contributed by atoms with Crippen LogP contribution in [0, 0.1) is 5.92 Å². The van der Waals surface area contributed by atoms with E-state index in [0.29, 0.717) is 5.69 Å². The van der Waals surface area contributed by atoms with Crippen molar-refractivity contribution in [2.24, 2.45) is 5.92 Å². The molecule has 6 heteroatoms. The van der Waals surface area contributed by atoms with Crippen molar-refractivity contribution in [2.75, 3.05) is 23.8 Å². The van der Waals surface area contributed by atoms with Gasteiger partial charge in [-0.2, -0.15) is 0 Å². The summed E-state index contributed by atoms with van der Waals surface area (Å²) in [5, 5.41) is 12.0. The number of carboxylic acids is 1. The van der Waals surface area contributed by atoms with Gasteiger partial charge >= 0.3 is 5.97 Å². The Morgan fingerprint density at radius 2 is 2.28 bits per heavy atom. The first-order chi connectivity index (χ1) is 8.52. The summed E-state index contributed by atoms with van der Waals surface area (Å²) in [6.07, 6.45) is 0.0605. The SMILES string of the molecule is CNc1ccc(Br)cc1N1CC(C(=O)O)CC1=O. The second-order valence-corrected chi connectivity index (χ2v) is 5.07. The molecule has 0 radical (unpaired) electrons. The average molecular weight is 313 g/mol. The molecule has 2 rings (SSSR count). The fourth-order valence-electron chi connectivity index (χ4n) is 2.05. The molecule has 96 valence electrons. The van der Waals surface area contributed by atoms with Crippen LogP contribution in [0.3, 0.4) is 0 Å². The molecule has 1 atom stereocenters. The van der Waals surface area contributed by atoms with E-state index in [9.17, 15) is 9.59 Å². The number of nitrogens with zero attached hydrogens (tertiary/aromatic N) is 1. The van der Waals surface area contributed by atoms with Crippen LogP contribution in [0.1, 0.15) is 6.42 Å². The van der Waals surface area contributed by atoms with Crippen molar-refractivity contribution in [1.29, 1.82) is 0 Å². The van der Waals surface area contributed by atoms with Gasteiger partial charge < -0.3 is 15.3 Å². The number of amides is 1. The molecule has 1 aromatic carbocycles. The highest BCUT2D eigenvalue weighted by atomic mass is 79.9. The van der Waals surface area contributed by atoms with E-state index in [-0.39, 0.29) is 18.9 Å². The van der Waals surface area contributed by atoms with Crippen LogP contribution in [0.2, 0.25) is 0 Å². The maximum absolute atomic E-state index is 11.9. The van der Waals surface area contributed by atoms with Crippen molar-refractivity contribution >= 4 is 39.2 Å². The number of benzene rings is 1. The van der Waals surface area contributed by atoms with E-state index >= 15 is 0 Å². The summed E-state index contributed by atoms with van der Waals surface area (Å²) in [5.74, 6) is -1.70. The van der Waals surface area contributed by atoms with E-state index in [1.54, 1.807) is 7.05 Å². The third-order valence-electron chi connectivity index (χ3n) is 2.99. The smallest absolute Gasteiger partial charge is 0.308 e. The van der Waals surface area contributed by atoms with Crippen molar-refractivity contribution in [1.82, 2.24) is 0 Å². The van der Waals surface area contributed by atoms with Gasteiger partial charge in [0.25, 0.3) is 0 Å². The molecule has 0 saturated carbocycles. The van der Waals surface area contributed by atoms with Gasteiger partial charge in [-0.15, -0.1) is 0 Å². The predicted octanol–water partition coefficient (Wildman–Crippen LogP) is 1.93. The number of hydrogen-bond acceptors (Lipinski definition) is 3. The number of carbonyl (C=O) groups is 2. The Morgan fingerprint density at radius 1 is 1.56 bits per heavy atom. The summed E-state index contributed by atoms with van der Waals surface area (Å²) in [4.78, 5) is 24.4. The van der Waals surface area contributed by atoms with Crippen LogP contribution in [0.4, 0.5) is 11.4 Å². The fraction of sp³-hybridized carbons (Fsp3) is 0.333. The molecule has 18 heavy (non-hydrogen) atoms. The zero-order valence-electron chi connectivity index (χ0n) is 9.81. The highest BCUT2D eigenvalue weighted by Crippen LogP contribution is 2.33. The van der Waals surface area contributed by atoms with Crippen molar-refractivity contribution in [2.45, 2.75) is 6.42 Å². The van der Waals surface area contributed by atoms with Gasteiger partial charge in [0.2, 0.25) is 5.91 Å².